The molecule has 12 aliphatic carbocycles. The van der Waals surface area contributed by atoms with Gasteiger partial charge < -0.3 is 39.0 Å². The smallest absolute Gasteiger partial charge is 0.508 e. The highest BCUT2D eigenvalue weighted by Crippen LogP contribution is 2.65. The molecular weight excluding hydrogens is 1450 g/mol. The Morgan fingerprint density at radius 1 is 0.342 bits per heavy atom. The van der Waals surface area contributed by atoms with Crippen molar-refractivity contribution in [1.29, 1.82) is 0 Å². The summed E-state index contributed by atoms with van der Waals surface area (Å²) in [6.45, 7) is 48.2. The Morgan fingerprint density at radius 2 is 0.598 bits per heavy atom. The minimum absolute atomic E-state index is 0.00763. The van der Waals surface area contributed by atoms with Crippen molar-refractivity contribution in [3.8, 4) is 23.0 Å². The Bertz CT molecular complexity index is 3470. The third kappa shape index (κ3) is 27.6. The van der Waals surface area contributed by atoms with Gasteiger partial charge in [-0.05, 0) is 374 Å². The summed E-state index contributed by atoms with van der Waals surface area (Å²) in [4.78, 5) is 48.0. The second kappa shape index (κ2) is 44.6. The molecule has 12 nitrogen and oxygen atoms in total. The van der Waals surface area contributed by atoms with Gasteiger partial charge in [0.05, 0.1) is 17.8 Å². The summed E-state index contributed by atoms with van der Waals surface area (Å²) in [6.07, 6.45) is 29.2. The van der Waals surface area contributed by atoms with Crippen LogP contribution in [0.5, 0.6) is 23.0 Å². The summed E-state index contributed by atoms with van der Waals surface area (Å²) >= 11 is 0. The molecule has 12 saturated carbocycles. The van der Waals surface area contributed by atoms with Crippen molar-refractivity contribution < 1.29 is 58.2 Å². The highest BCUT2D eigenvalue weighted by atomic mass is 16.7. The summed E-state index contributed by atoms with van der Waals surface area (Å²) in [5.74, 6) is 13.8. The van der Waals surface area contributed by atoms with E-state index in [-0.39, 0.29) is 57.9 Å². The zero-order valence-electron chi connectivity index (χ0n) is 77.1. The highest BCUT2D eigenvalue weighted by Gasteiger charge is 2.61. The Hall–Kier alpha value is -6.82. The summed E-state index contributed by atoms with van der Waals surface area (Å²) in [7, 11) is 0. The topological polar surface area (TPSA) is 175 Å². The van der Waals surface area contributed by atoms with Gasteiger partial charge in [0.2, 0.25) is 0 Å². The number of benzene rings is 5. The van der Waals surface area contributed by atoms with Crippen molar-refractivity contribution in [3.63, 3.8) is 0 Å². The molecule has 0 amide bonds. The predicted octanol–water partition coefficient (Wildman–Crippen LogP) is 28.6. The first-order chi connectivity index (χ1) is 55.3. The van der Waals surface area contributed by atoms with E-state index >= 15 is 0 Å². The zero-order chi connectivity index (χ0) is 86.3. The molecule has 12 fully saturated rings. The summed E-state index contributed by atoms with van der Waals surface area (Å²) in [5, 5.41) is 27.0. The van der Waals surface area contributed by atoms with Gasteiger partial charge in [0.1, 0.15) is 45.4 Å². The van der Waals surface area contributed by atoms with Gasteiger partial charge in [-0.25, -0.2) is 4.79 Å². The van der Waals surface area contributed by atoms with Crippen LogP contribution in [0.25, 0.3) is 0 Å². The van der Waals surface area contributed by atoms with Crippen LogP contribution in [0.15, 0.2) is 127 Å². The Labute approximate surface area is 710 Å². The van der Waals surface area contributed by atoms with Gasteiger partial charge in [-0.3, -0.25) is 14.4 Å². The van der Waals surface area contributed by atoms with E-state index in [1.54, 1.807) is 69.3 Å². The lowest BCUT2D eigenvalue weighted by molar-refractivity contribution is -0.207. The number of esters is 3. The molecule has 8 unspecified atom stereocenters. The second-order valence-electron chi connectivity index (χ2n) is 39.7. The second-order valence-corrected chi connectivity index (χ2v) is 39.7. The number of rotatable bonds is 21. The van der Waals surface area contributed by atoms with Crippen LogP contribution in [0.2, 0.25) is 0 Å². The van der Waals surface area contributed by atoms with Crippen LogP contribution in [-0.4, -0.2) is 61.8 Å². The van der Waals surface area contributed by atoms with Crippen LogP contribution in [0.3, 0.4) is 0 Å². The van der Waals surface area contributed by atoms with Gasteiger partial charge in [-0.15, -0.1) is 0 Å². The van der Waals surface area contributed by atoms with Gasteiger partial charge in [-0.1, -0.05) is 190 Å². The van der Waals surface area contributed by atoms with Crippen LogP contribution in [-0.2, 0) is 33.3 Å². The molecule has 0 aromatic heterocycles. The quantitative estimate of drug-likeness (QED) is 0.0361. The lowest BCUT2D eigenvalue weighted by Crippen LogP contribution is -2.58. The molecule has 5 aromatic carbocycles. The molecule has 117 heavy (non-hydrogen) atoms. The first-order valence-electron chi connectivity index (χ1n) is 46.4. The van der Waals surface area contributed by atoms with Crippen molar-refractivity contribution in [3.05, 3.63) is 155 Å². The van der Waals surface area contributed by atoms with Gasteiger partial charge in [0, 0.05) is 5.41 Å². The van der Waals surface area contributed by atoms with E-state index in [0.717, 1.165) is 86.4 Å². The minimum atomic E-state index is -0.668. The third-order valence-electron chi connectivity index (χ3n) is 29.7. The monoisotopic (exact) mass is 1610 g/mol. The Balaban J connectivity index is 0.000000187. The molecule has 0 spiro atoms. The minimum Gasteiger partial charge on any atom is -0.508 e. The van der Waals surface area contributed by atoms with Crippen LogP contribution in [0.4, 0.5) is 4.79 Å². The summed E-state index contributed by atoms with van der Waals surface area (Å²) in [6, 6.07) is 40.5. The van der Waals surface area contributed by atoms with Crippen LogP contribution in [0.1, 0.15) is 371 Å². The number of carbonyl (C=O) groups excluding carboxylic acids is 4. The number of hydrogen-bond acceptors (Lipinski definition) is 12. The molecular formula is C105H160O12. The van der Waals surface area contributed by atoms with Crippen molar-refractivity contribution in [1.82, 2.24) is 0 Å². The molecule has 0 radical (unpaired) electrons. The standard InChI is InChI=1S/C18H30O2.2C16H26O2.C15H22O3.3C10H14O.C10H14/c1-5-12(2)16(19)20-17(3,4)18-9-13-6-14(10-18)8-15(7-13)11-18;2*1-4-10(2)15(17)18-16(3)13-6-11-5-12(8-13)9-14(16)7-11;1-6-11(2)12-7-9-13(10-8-12)17-14(16)18-15(3,4)5;3*1-3-8(2)9-4-6-10(11)7-5-9;1-3-9(2)10-7-5-4-6-8-10/h12-15H,5-11H2,1-4H3;2*10-14H,4-9H2,1-3H3;7-11H,6H2,1-5H3;3*4-8,11H,3H2,1-2H3;4-9H,3H2,1-2H3. The van der Waals surface area contributed by atoms with Crippen molar-refractivity contribution in [2.75, 3.05) is 0 Å². The number of hydrogen-bond donors (Lipinski definition) is 3. The van der Waals surface area contributed by atoms with E-state index in [9.17, 15) is 19.2 Å². The molecule has 17 rings (SSSR count). The lowest BCUT2D eigenvalue weighted by atomic mass is 9.46. The normalized spacial score (nSPS) is 28.2. The maximum atomic E-state index is 12.3. The average Bonchev–Trinajstić information content (AvgIpc) is 0.737. The molecule has 12 heteroatoms. The first-order valence-corrected chi connectivity index (χ1v) is 46.4. The van der Waals surface area contributed by atoms with Gasteiger partial charge in [0.25, 0.3) is 0 Å². The molecule has 3 N–H and O–H groups in total. The Morgan fingerprint density at radius 3 is 0.863 bits per heavy atom. The number of phenols is 3. The van der Waals surface area contributed by atoms with Crippen LogP contribution in [0, 0.1) is 88.3 Å². The fourth-order valence-electron chi connectivity index (χ4n) is 20.6. The van der Waals surface area contributed by atoms with Crippen LogP contribution < -0.4 is 4.74 Å². The summed E-state index contributed by atoms with van der Waals surface area (Å²) in [5.41, 5.74) is 5.74. The molecule has 652 valence electrons. The van der Waals surface area contributed by atoms with Crippen molar-refractivity contribution >= 4 is 24.1 Å². The van der Waals surface area contributed by atoms with E-state index in [1.165, 1.54) is 137 Å². The molecule has 0 heterocycles. The SMILES string of the molecule is CCC(C)C(=O)OC(C)(C)C12CC3CC(CC(C3)C1)C2.CCC(C)C(=O)OC1(C)C2CC3CC(C2)CC1C3.CCC(C)C(=O)OC1(C)C2CC3CC(C2)CC1C3.CCC(C)c1ccc(O)cc1.CCC(C)c1ccc(O)cc1.CCC(C)c1ccc(O)cc1.CCC(C)c1ccc(OC(=O)OC(C)(C)C)cc1.CCC(C)c1ccccc1. The van der Waals surface area contributed by atoms with E-state index in [2.05, 4.69) is 148 Å². The van der Waals surface area contributed by atoms with Gasteiger partial charge in [-0.2, -0.15) is 0 Å². The van der Waals surface area contributed by atoms with E-state index in [4.69, 9.17) is 39.0 Å². The van der Waals surface area contributed by atoms with E-state index < -0.39 is 11.8 Å². The molecule has 8 atom stereocenters. The largest absolute Gasteiger partial charge is 0.514 e. The number of carbonyl (C=O) groups is 4. The third-order valence-corrected chi connectivity index (χ3v) is 29.7. The maximum Gasteiger partial charge on any atom is 0.514 e. The fourth-order valence-corrected chi connectivity index (χ4v) is 20.6. The lowest BCUT2D eigenvalue weighted by Gasteiger charge is -2.61. The maximum absolute atomic E-state index is 12.3. The highest BCUT2D eigenvalue weighted by molar-refractivity contribution is 5.73. The number of aromatic hydroxyl groups is 3. The van der Waals surface area contributed by atoms with Gasteiger partial charge >= 0.3 is 24.1 Å². The van der Waals surface area contributed by atoms with E-state index in [0.29, 0.717) is 76.3 Å². The van der Waals surface area contributed by atoms with Crippen molar-refractivity contribution in [2.45, 2.75) is 365 Å². The van der Waals surface area contributed by atoms with Crippen LogP contribution >= 0.6 is 0 Å². The first kappa shape index (κ1) is 97.3. The summed E-state index contributed by atoms with van der Waals surface area (Å²) < 4.78 is 28.3. The fraction of sp³-hybridized carbons (Fsp3) is 0.676. The molecule has 5 aromatic rings. The van der Waals surface area contributed by atoms with E-state index in [1.807, 2.05) is 69.3 Å². The number of phenolic OH excluding ortho intramolecular Hbond substituents is 3. The molecule has 12 bridgehead atoms. The zero-order valence-corrected chi connectivity index (χ0v) is 77.1. The molecule has 0 saturated heterocycles. The predicted molar refractivity (Wildman–Crippen MR) is 480 cm³/mol. The van der Waals surface area contributed by atoms with Crippen molar-refractivity contribution in [2.24, 2.45) is 88.3 Å². The average molecular weight is 1610 g/mol. The van der Waals surface area contributed by atoms with Gasteiger partial charge in [0.15, 0.2) is 0 Å². The molecule has 0 aliphatic heterocycles. The Kier molecular flexibility index (Phi) is 37.1. The molecule has 12 aliphatic rings. The number of ether oxygens (including phenoxy) is 5.